The van der Waals surface area contributed by atoms with Crippen LogP contribution in [0.4, 0.5) is 0 Å². The molecule has 1 aliphatic carbocycles. The molecule has 2 N–H and O–H groups in total. The monoisotopic (exact) mass is 177 g/mol. The van der Waals surface area contributed by atoms with E-state index in [0.29, 0.717) is 6.04 Å². The van der Waals surface area contributed by atoms with Crippen molar-refractivity contribution < 1.29 is 0 Å². The molecule has 0 saturated heterocycles. The first-order valence-electron chi connectivity index (χ1n) is 4.72. The number of rotatable bonds is 1. The Hall–Kier alpha value is -0.960. The number of nitrogens with two attached hydrogens (primary N) is 1. The van der Waals surface area contributed by atoms with Gasteiger partial charge in [-0.3, -0.25) is 0 Å². The number of nitrogens with zero attached hydrogens (tertiary/aromatic N) is 2. The molecule has 0 amide bonds. The summed E-state index contributed by atoms with van der Waals surface area (Å²) in [6, 6.07) is 0.352. The van der Waals surface area contributed by atoms with E-state index in [1.54, 1.807) is 6.33 Å². The zero-order valence-electron chi connectivity index (χ0n) is 7.90. The van der Waals surface area contributed by atoms with E-state index in [0.717, 1.165) is 19.3 Å². The second-order valence-corrected chi connectivity index (χ2v) is 4.19. The molecule has 3 heteroatoms. The summed E-state index contributed by atoms with van der Waals surface area (Å²) >= 11 is 0. The van der Waals surface area contributed by atoms with Crippen LogP contribution in [0.2, 0.25) is 0 Å². The normalized spacial score (nSPS) is 33.5. The van der Waals surface area contributed by atoms with Gasteiger partial charge in [0.25, 0.3) is 0 Å². The molecule has 1 saturated carbocycles. The standard InChI is InChI=1S/C10H15N3/c1-10(3-2-9(11)4-10)8-5-12-7-13-6-8/h5-7,9H,2-4,11H2,1H3. The van der Waals surface area contributed by atoms with Gasteiger partial charge < -0.3 is 5.73 Å². The van der Waals surface area contributed by atoms with Crippen LogP contribution in [0.1, 0.15) is 31.7 Å². The van der Waals surface area contributed by atoms with E-state index < -0.39 is 0 Å². The van der Waals surface area contributed by atoms with Crippen molar-refractivity contribution in [1.82, 2.24) is 9.97 Å². The molecule has 0 spiro atoms. The fourth-order valence-corrected chi connectivity index (χ4v) is 2.16. The molecule has 0 aliphatic heterocycles. The van der Waals surface area contributed by atoms with Crippen molar-refractivity contribution in [3.05, 3.63) is 24.3 Å². The first-order valence-corrected chi connectivity index (χ1v) is 4.72. The van der Waals surface area contributed by atoms with Crippen LogP contribution < -0.4 is 5.73 Å². The van der Waals surface area contributed by atoms with Crippen molar-refractivity contribution in [3.63, 3.8) is 0 Å². The minimum Gasteiger partial charge on any atom is -0.328 e. The first-order chi connectivity index (χ1) is 6.21. The Morgan fingerprint density at radius 1 is 1.46 bits per heavy atom. The molecule has 2 atom stereocenters. The van der Waals surface area contributed by atoms with Gasteiger partial charge in [0.05, 0.1) is 0 Å². The average Bonchev–Trinajstić information content (AvgIpc) is 2.49. The van der Waals surface area contributed by atoms with Crippen molar-refractivity contribution in [2.45, 2.75) is 37.6 Å². The topological polar surface area (TPSA) is 51.8 Å². The van der Waals surface area contributed by atoms with E-state index in [1.807, 2.05) is 12.4 Å². The van der Waals surface area contributed by atoms with Gasteiger partial charge in [0.1, 0.15) is 6.33 Å². The first kappa shape index (κ1) is 8.63. The van der Waals surface area contributed by atoms with Crippen molar-refractivity contribution in [3.8, 4) is 0 Å². The van der Waals surface area contributed by atoms with Gasteiger partial charge in [-0.2, -0.15) is 0 Å². The molecule has 0 bridgehead atoms. The molecule has 1 fully saturated rings. The predicted molar refractivity (Wildman–Crippen MR) is 51.2 cm³/mol. The third kappa shape index (κ3) is 1.56. The highest BCUT2D eigenvalue weighted by Crippen LogP contribution is 2.39. The molecule has 1 aromatic rings. The van der Waals surface area contributed by atoms with E-state index in [4.69, 9.17) is 5.73 Å². The van der Waals surface area contributed by atoms with Crippen LogP contribution in [0.3, 0.4) is 0 Å². The molecule has 1 heterocycles. The number of hydrogen-bond acceptors (Lipinski definition) is 3. The summed E-state index contributed by atoms with van der Waals surface area (Å²) in [6.45, 7) is 2.25. The van der Waals surface area contributed by atoms with E-state index in [9.17, 15) is 0 Å². The summed E-state index contributed by atoms with van der Waals surface area (Å²) in [4.78, 5) is 8.10. The molecule has 1 aromatic heterocycles. The summed E-state index contributed by atoms with van der Waals surface area (Å²) in [6.07, 6.45) is 8.71. The summed E-state index contributed by atoms with van der Waals surface area (Å²) in [7, 11) is 0. The lowest BCUT2D eigenvalue weighted by Crippen LogP contribution is -2.22. The van der Waals surface area contributed by atoms with Crippen molar-refractivity contribution in [2.24, 2.45) is 5.73 Å². The van der Waals surface area contributed by atoms with Gasteiger partial charge >= 0.3 is 0 Å². The fraction of sp³-hybridized carbons (Fsp3) is 0.600. The third-order valence-electron chi connectivity index (χ3n) is 3.04. The van der Waals surface area contributed by atoms with Gasteiger partial charge in [-0.05, 0) is 30.2 Å². The second-order valence-electron chi connectivity index (χ2n) is 4.19. The molecule has 1 aliphatic rings. The summed E-state index contributed by atoms with van der Waals surface area (Å²) < 4.78 is 0. The van der Waals surface area contributed by atoms with Crippen LogP contribution in [0, 0.1) is 0 Å². The molecule has 0 radical (unpaired) electrons. The van der Waals surface area contributed by atoms with Gasteiger partial charge in [-0.15, -0.1) is 0 Å². The Labute approximate surface area is 78.4 Å². The minimum absolute atomic E-state index is 0.209. The van der Waals surface area contributed by atoms with E-state index in [2.05, 4.69) is 16.9 Å². The maximum absolute atomic E-state index is 5.91. The second kappa shape index (κ2) is 3.07. The Morgan fingerprint density at radius 2 is 2.15 bits per heavy atom. The summed E-state index contributed by atoms with van der Waals surface area (Å²) in [5.74, 6) is 0. The lowest BCUT2D eigenvalue weighted by atomic mass is 9.82. The zero-order chi connectivity index (χ0) is 9.31. The van der Waals surface area contributed by atoms with Crippen LogP contribution in [-0.4, -0.2) is 16.0 Å². The van der Waals surface area contributed by atoms with E-state index >= 15 is 0 Å². The molecule has 2 unspecified atom stereocenters. The minimum atomic E-state index is 0.209. The van der Waals surface area contributed by atoms with Gasteiger partial charge in [-0.1, -0.05) is 6.92 Å². The quantitative estimate of drug-likeness (QED) is 0.702. The van der Waals surface area contributed by atoms with Gasteiger partial charge in [0, 0.05) is 18.4 Å². The maximum Gasteiger partial charge on any atom is 0.115 e. The molecule has 2 rings (SSSR count). The van der Waals surface area contributed by atoms with Crippen LogP contribution in [0.15, 0.2) is 18.7 Å². The summed E-state index contributed by atoms with van der Waals surface area (Å²) in [5, 5.41) is 0. The highest BCUT2D eigenvalue weighted by atomic mass is 14.8. The molecular weight excluding hydrogens is 162 g/mol. The van der Waals surface area contributed by atoms with Gasteiger partial charge in [0.15, 0.2) is 0 Å². The highest BCUT2D eigenvalue weighted by Gasteiger charge is 2.35. The van der Waals surface area contributed by atoms with Gasteiger partial charge in [-0.25, -0.2) is 9.97 Å². The third-order valence-corrected chi connectivity index (χ3v) is 3.04. The largest absolute Gasteiger partial charge is 0.328 e. The molecule has 70 valence electrons. The van der Waals surface area contributed by atoms with Gasteiger partial charge in [0.2, 0.25) is 0 Å². The van der Waals surface area contributed by atoms with Crippen LogP contribution in [0.5, 0.6) is 0 Å². The smallest absolute Gasteiger partial charge is 0.115 e. The lowest BCUT2D eigenvalue weighted by Gasteiger charge is -2.23. The Bertz CT molecular complexity index is 285. The Morgan fingerprint density at radius 3 is 2.69 bits per heavy atom. The average molecular weight is 177 g/mol. The molecule has 13 heavy (non-hydrogen) atoms. The zero-order valence-corrected chi connectivity index (χ0v) is 7.90. The SMILES string of the molecule is CC1(c2cncnc2)CCC(N)C1. The van der Waals surface area contributed by atoms with E-state index in [1.165, 1.54) is 5.56 Å². The molecular formula is C10H15N3. The summed E-state index contributed by atoms with van der Waals surface area (Å²) in [5.41, 5.74) is 7.34. The molecule has 3 nitrogen and oxygen atoms in total. The predicted octanol–water partition coefficient (Wildman–Crippen LogP) is 1.25. The fourth-order valence-electron chi connectivity index (χ4n) is 2.16. The van der Waals surface area contributed by atoms with Crippen molar-refractivity contribution in [2.75, 3.05) is 0 Å². The van der Waals surface area contributed by atoms with Crippen LogP contribution >= 0.6 is 0 Å². The number of aromatic nitrogens is 2. The Balaban J connectivity index is 2.26. The lowest BCUT2D eigenvalue weighted by molar-refractivity contribution is 0.478. The number of hydrogen-bond donors (Lipinski definition) is 1. The van der Waals surface area contributed by atoms with Crippen molar-refractivity contribution >= 4 is 0 Å². The highest BCUT2D eigenvalue weighted by molar-refractivity contribution is 5.20. The van der Waals surface area contributed by atoms with Crippen molar-refractivity contribution in [1.29, 1.82) is 0 Å². The van der Waals surface area contributed by atoms with Crippen LogP contribution in [0.25, 0.3) is 0 Å². The Kier molecular flexibility index (Phi) is 2.04. The maximum atomic E-state index is 5.91. The van der Waals surface area contributed by atoms with Crippen LogP contribution in [-0.2, 0) is 5.41 Å². The van der Waals surface area contributed by atoms with E-state index in [-0.39, 0.29) is 5.41 Å². The molecule has 0 aromatic carbocycles.